The second-order valence-electron chi connectivity index (χ2n) is 4.86. The molecule has 0 aliphatic carbocycles. The van der Waals surface area contributed by atoms with Crippen molar-refractivity contribution >= 4 is 31.9 Å². The molecule has 0 fully saturated rings. The number of nitrogens with one attached hydrogen (secondary N) is 1. The zero-order chi connectivity index (χ0) is 15.2. The third kappa shape index (κ3) is 4.87. The van der Waals surface area contributed by atoms with Gasteiger partial charge in [-0.1, -0.05) is 22.9 Å². The van der Waals surface area contributed by atoms with E-state index in [4.69, 9.17) is 0 Å². The van der Waals surface area contributed by atoms with Crippen molar-refractivity contribution in [1.29, 1.82) is 0 Å². The van der Waals surface area contributed by atoms with E-state index in [1.54, 1.807) is 12.3 Å². The third-order valence-electron chi connectivity index (χ3n) is 3.12. The summed E-state index contributed by atoms with van der Waals surface area (Å²) in [5.41, 5.74) is 1.89. The predicted molar refractivity (Wildman–Crippen MR) is 90.8 cm³/mol. The van der Waals surface area contributed by atoms with Gasteiger partial charge in [-0.25, -0.2) is 4.39 Å². The standard InChI is InChI=1S/C16H17Br2FN2/c1-2-5-20-15(16-14(18)4-3-6-21-16)9-11-7-12(17)10-13(19)8-11/h3-4,6-8,10,15,20H,2,5,9H2,1H3. The van der Waals surface area contributed by atoms with Gasteiger partial charge in [0.2, 0.25) is 0 Å². The highest BCUT2D eigenvalue weighted by molar-refractivity contribution is 9.10. The number of aromatic nitrogens is 1. The molecule has 2 rings (SSSR count). The Morgan fingerprint density at radius 1 is 1.29 bits per heavy atom. The maximum atomic E-state index is 13.5. The lowest BCUT2D eigenvalue weighted by molar-refractivity contribution is 0.514. The second-order valence-corrected chi connectivity index (χ2v) is 6.63. The Labute approximate surface area is 141 Å². The molecule has 0 saturated carbocycles. The summed E-state index contributed by atoms with van der Waals surface area (Å²) in [4.78, 5) is 4.46. The van der Waals surface area contributed by atoms with Gasteiger partial charge in [0.25, 0.3) is 0 Å². The first kappa shape index (κ1) is 16.6. The summed E-state index contributed by atoms with van der Waals surface area (Å²) < 4.78 is 15.3. The van der Waals surface area contributed by atoms with E-state index in [1.165, 1.54) is 6.07 Å². The molecule has 0 aliphatic rings. The van der Waals surface area contributed by atoms with Gasteiger partial charge in [0.15, 0.2) is 0 Å². The molecule has 0 spiro atoms. The number of pyridine rings is 1. The number of nitrogens with zero attached hydrogens (tertiary/aromatic N) is 1. The first-order valence-corrected chi connectivity index (χ1v) is 8.47. The SMILES string of the molecule is CCCNC(Cc1cc(F)cc(Br)c1)c1ncccc1Br. The molecule has 21 heavy (non-hydrogen) atoms. The molecule has 0 amide bonds. The first-order valence-electron chi connectivity index (χ1n) is 6.89. The fraction of sp³-hybridized carbons (Fsp3) is 0.312. The zero-order valence-electron chi connectivity index (χ0n) is 11.7. The lowest BCUT2D eigenvalue weighted by atomic mass is 10.0. The quantitative estimate of drug-likeness (QED) is 0.715. The molecule has 0 aliphatic heterocycles. The largest absolute Gasteiger partial charge is 0.308 e. The van der Waals surface area contributed by atoms with Crippen LogP contribution < -0.4 is 5.32 Å². The van der Waals surface area contributed by atoms with Crippen LogP contribution in [-0.2, 0) is 6.42 Å². The average Bonchev–Trinajstić information content (AvgIpc) is 2.43. The van der Waals surface area contributed by atoms with Crippen molar-refractivity contribution in [2.24, 2.45) is 0 Å². The molecule has 1 aromatic carbocycles. The van der Waals surface area contributed by atoms with Crippen LogP contribution in [0.2, 0.25) is 0 Å². The summed E-state index contributed by atoms with van der Waals surface area (Å²) >= 11 is 6.89. The summed E-state index contributed by atoms with van der Waals surface area (Å²) in [6, 6.07) is 8.90. The van der Waals surface area contributed by atoms with Crippen LogP contribution in [0.1, 0.15) is 30.6 Å². The molecule has 2 aromatic rings. The predicted octanol–water partition coefficient (Wildman–Crippen LogP) is 5.03. The van der Waals surface area contributed by atoms with Gasteiger partial charge in [-0.3, -0.25) is 4.98 Å². The summed E-state index contributed by atoms with van der Waals surface area (Å²) in [5.74, 6) is -0.228. The van der Waals surface area contributed by atoms with Gasteiger partial charge in [0, 0.05) is 15.1 Å². The van der Waals surface area contributed by atoms with Gasteiger partial charge in [-0.2, -0.15) is 0 Å². The topological polar surface area (TPSA) is 24.9 Å². The summed E-state index contributed by atoms with van der Waals surface area (Å²) in [7, 11) is 0. The van der Waals surface area contributed by atoms with Gasteiger partial charge in [-0.05, 0) is 71.2 Å². The minimum atomic E-state index is -0.228. The Morgan fingerprint density at radius 3 is 2.76 bits per heavy atom. The van der Waals surface area contributed by atoms with Crippen molar-refractivity contribution in [3.8, 4) is 0 Å². The van der Waals surface area contributed by atoms with Gasteiger partial charge in [0.05, 0.1) is 11.7 Å². The lowest BCUT2D eigenvalue weighted by Gasteiger charge is -2.19. The Bertz CT molecular complexity index is 584. The van der Waals surface area contributed by atoms with Crippen molar-refractivity contribution in [2.45, 2.75) is 25.8 Å². The van der Waals surface area contributed by atoms with Gasteiger partial charge < -0.3 is 5.32 Å². The fourth-order valence-electron chi connectivity index (χ4n) is 2.20. The Hall–Kier alpha value is -0.780. The molecular weight excluding hydrogens is 399 g/mol. The molecule has 0 radical (unpaired) electrons. The van der Waals surface area contributed by atoms with Crippen LogP contribution in [0.3, 0.4) is 0 Å². The number of halogens is 3. The van der Waals surface area contributed by atoms with E-state index >= 15 is 0 Å². The van der Waals surface area contributed by atoms with Crippen LogP contribution in [0.4, 0.5) is 4.39 Å². The molecule has 112 valence electrons. The van der Waals surface area contributed by atoms with Crippen LogP contribution in [0.5, 0.6) is 0 Å². The summed E-state index contributed by atoms with van der Waals surface area (Å²) in [5, 5.41) is 3.48. The van der Waals surface area contributed by atoms with E-state index in [2.05, 4.69) is 49.1 Å². The lowest BCUT2D eigenvalue weighted by Crippen LogP contribution is -2.25. The zero-order valence-corrected chi connectivity index (χ0v) is 14.9. The normalized spacial score (nSPS) is 12.4. The average molecular weight is 416 g/mol. The van der Waals surface area contributed by atoms with E-state index in [9.17, 15) is 4.39 Å². The fourth-order valence-corrected chi connectivity index (χ4v) is 3.25. The van der Waals surface area contributed by atoms with Crippen molar-refractivity contribution in [3.63, 3.8) is 0 Å². The highest BCUT2D eigenvalue weighted by Crippen LogP contribution is 2.25. The van der Waals surface area contributed by atoms with Crippen LogP contribution >= 0.6 is 31.9 Å². The minimum absolute atomic E-state index is 0.0502. The minimum Gasteiger partial charge on any atom is -0.308 e. The Balaban J connectivity index is 2.26. The number of hydrogen-bond acceptors (Lipinski definition) is 2. The van der Waals surface area contributed by atoms with E-state index in [-0.39, 0.29) is 11.9 Å². The van der Waals surface area contributed by atoms with Crippen molar-refractivity contribution in [1.82, 2.24) is 10.3 Å². The first-order chi connectivity index (χ1) is 10.1. The van der Waals surface area contributed by atoms with Crippen molar-refractivity contribution in [3.05, 3.63) is 62.5 Å². The van der Waals surface area contributed by atoms with E-state index in [0.717, 1.165) is 33.2 Å². The molecule has 1 unspecified atom stereocenters. The van der Waals surface area contributed by atoms with Crippen molar-refractivity contribution < 1.29 is 4.39 Å². The maximum Gasteiger partial charge on any atom is 0.124 e. The van der Waals surface area contributed by atoms with Crippen LogP contribution in [0.15, 0.2) is 45.5 Å². The third-order valence-corrected chi connectivity index (χ3v) is 4.25. The van der Waals surface area contributed by atoms with Gasteiger partial charge in [0.1, 0.15) is 5.82 Å². The van der Waals surface area contributed by atoms with E-state index in [0.29, 0.717) is 6.42 Å². The summed E-state index contributed by atoms with van der Waals surface area (Å²) in [6.45, 7) is 3.01. The van der Waals surface area contributed by atoms with E-state index in [1.807, 2.05) is 18.2 Å². The van der Waals surface area contributed by atoms with Crippen molar-refractivity contribution in [2.75, 3.05) is 6.54 Å². The highest BCUT2D eigenvalue weighted by atomic mass is 79.9. The molecular formula is C16H17Br2FN2. The van der Waals surface area contributed by atoms with E-state index < -0.39 is 0 Å². The molecule has 0 saturated heterocycles. The molecule has 1 aromatic heterocycles. The smallest absolute Gasteiger partial charge is 0.124 e. The number of rotatable bonds is 6. The van der Waals surface area contributed by atoms with Gasteiger partial charge >= 0.3 is 0 Å². The monoisotopic (exact) mass is 414 g/mol. The second kappa shape index (κ2) is 8.01. The molecule has 2 nitrogen and oxygen atoms in total. The highest BCUT2D eigenvalue weighted by Gasteiger charge is 2.16. The van der Waals surface area contributed by atoms with Gasteiger partial charge in [-0.15, -0.1) is 0 Å². The summed E-state index contributed by atoms with van der Waals surface area (Å²) in [6.07, 6.45) is 3.50. The molecule has 1 atom stereocenters. The Kier molecular flexibility index (Phi) is 6.33. The van der Waals surface area contributed by atoms with Crippen LogP contribution in [-0.4, -0.2) is 11.5 Å². The Morgan fingerprint density at radius 2 is 2.10 bits per heavy atom. The van der Waals surface area contributed by atoms with Crippen LogP contribution in [0.25, 0.3) is 0 Å². The molecule has 1 heterocycles. The number of benzene rings is 1. The molecule has 5 heteroatoms. The van der Waals surface area contributed by atoms with Crippen LogP contribution in [0, 0.1) is 5.82 Å². The molecule has 0 bridgehead atoms. The maximum absolute atomic E-state index is 13.5. The molecule has 1 N–H and O–H groups in total. The number of hydrogen-bond donors (Lipinski definition) is 1.